The molecule has 1 heterocycles. The van der Waals surface area contributed by atoms with Gasteiger partial charge < -0.3 is 19.9 Å². The second kappa shape index (κ2) is 12.1. The van der Waals surface area contributed by atoms with Crippen molar-refractivity contribution < 1.29 is 9.53 Å². The number of carbonyl (C=O) groups excluding carboxylic acids is 1. The molecular weight excluding hydrogens is 515 g/mol. The average molecular weight is 549 g/mol. The molecular formula is C22H34ClIN4O2. The Hall–Kier alpha value is -1.06. The lowest BCUT2D eigenvalue weighted by molar-refractivity contribution is -0.131. The van der Waals surface area contributed by atoms with Crippen LogP contribution in [0.25, 0.3) is 0 Å². The third kappa shape index (κ3) is 7.27. The number of carbonyl (C=O) groups is 1. The Bertz CT molecular complexity index is 719. The van der Waals surface area contributed by atoms with E-state index in [0.29, 0.717) is 16.9 Å². The molecule has 0 spiro atoms. The average Bonchev–Trinajstić information content (AvgIpc) is 3.49. The number of ether oxygens (including phenoxy) is 1. The van der Waals surface area contributed by atoms with Crippen molar-refractivity contribution in [3.05, 3.63) is 34.9 Å². The number of amides is 1. The Morgan fingerprint density at radius 3 is 2.53 bits per heavy atom. The predicted molar refractivity (Wildman–Crippen MR) is 133 cm³/mol. The van der Waals surface area contributed by atoms with Crippen LogP contribution in [0.15, 0.2) is 29.3 Å². The molecule has 0 atom stereocenters. The summed E-state index contributed by atoms with van der Waals surface area (Å²) in [6.45, 7) is 7.64. The quantitative estimate of drug-likeness (QED) is 0.234. The Kier molecular flexibility index (Phi) is 10.2. The van der Waals surface area contributed by atoms with Crippen molar-refractivity contribution >= 4 is 47.4 Å². The van der Waals surface area contributed by atoms with Crippen molar-refractivity contribution in [1.82, 2.24) is 15.1 Å². The first kappa shape index (κ1) is 25.2. The molecule has 1 saturated carbocycles. The molecule has 0 unspecified atom stereocenters. The first-order chi connectivity index (χ1) is 14.0. The molecule has 1 saturated heterocycles. The minimum atomic E-state index is 0. The lowest BCUT2D eigenvalue weighted by atomic mass is 10.0. The molecule has 1 N–H and O–H groups in total. The summed E-state index contributed by atoms with van der Waals surface area (Å²) in [7, 11) is 1.83. The minimum Gasteiger partial charge on any atom is -0.382 e. The second-order valence-electron chi connectivity index (χ2n) is 8.02. The highest BCUT2D eigenvalue weighted by molar-refractivity contribution is 14.0. The van der Waals surface area contributed by atoms with Gasteiger partial charge in [-0.25, -0.2) is 0 Å². The molecule has 8 heteroatoms. The third-order valence-electron chi connectivity index (χ3n) is 5.95. The van der Waals surface area contributed by atoms with Gasteiger partial charge in [0.15, 0.2) is 5.96 Å². The number of nitrogens with zero attached hydrogens (tertiary/aromatic N) is 3. The first-order valence-electron chi connectivity index (χ1n) is 10.6. The SMILES string of the molecule is CCOCCC1(CNC(=NC)N2CCN(C(=O)Cc3cccc(Cl)c3)CC2)CC1.I. The maximum Gasteiger partial charge on any atom is 0.227 e. The summed E-state index contributed by atoms with van der Waals surface area (Å²) in [5, 5.41) is 4.23. The van der Waals surface area contributed by atoms with Crippen LogP contribution in [-0.2, 0) is 16.0 Å². The van der Waals surface area contributed by atoms with Crippen LogP contribution in [-0.4, -0.2) is 74.7 Å². The van der Waals surface area contributed by atoms with E-state index < -0.39 is 0 Å². The number of rotatable bonds is 8. The third-order valence-corrected chi connectivity index (χ3v) is 6.18. The van der Waals surface area contributed by atoms with Gasteiger partial charge in [0.2, 0.25) is 5.91 Å². The van der Waals surface area contributed by atoms with E-state index in [9.17, 15) is 4.79 Å². The van der Waals surface area contributed by atoms with E-state index in [2.05, 4.69) is 15.2 Å². The van der Waals surface area contributed by atoms with E-state index in [-0.39, 0.29) is 29.9 Å². The van der Waals surface area contributed by atoms with Gasteiger partial charge in [-0.1, -0.05) is 23.7 Å². The van der Waals surface area contributed by atoms with Gasteiger partial charge in [-0.05, 0) is 49.3 Å². The molecule has 1 aromatic carbocycles. The molecule has 30 heavy (non-hydrogen) atoms. The Balaban J connectivity index is 0.00000320. The van der Waals surface area contributed by atoms with Gasteiger partial charge in [0.05, 0.1) is 6.42 Å². The molecule has 2 aliphatic rings. The summed E-state index contributed by atoms with van der Waals surface area (Å²) in [5.74, 6) is 1.09. The topological polar surface area (TPSA) is 57.2 Å². The normalized spacial score (nSPS) is 18.0. The number of guanidine groups is 1. The summed E-state index contributed by atoms with van der Waals surface area (Å²) in [5.41, 5.74) is 1.34. The van der Waals surface area contributed by atoms with Crippen LogP contribution in [0, 0.1) is 5.41 Å². The van der Waals surface area contributed by atoms with Crippen molar-refractivity contribution in [2.75, 3.05) is 53.0 Å². The lowest BCUT2D eigenvalue weighted by Gasteiger charge is -2.37. The van der Waals surface area contributed by atoms with Crippen LogP contribution in [0.5, 0.6) is 0 Å². The summed E-state index contributed by atoms with van der Waals surface area (Å²) in [4.78, 5) is 21.3. The first-order valence-corrected chi connectivity index (χ1v) is 11.0. The zero-order valence-electron chi connectivity index (χ0n) is 18.0. The number of piperazine rings is 1. The summed E-state index contributed by atoms with van der Waals surface area (Å²) in [6, 6.07) is 7.53. The fraction of sp³-hybridized carbons (Fsp3) is 0.636. The molecule has 1 amide bonds. The fourth-order valence-corrected chi connectivity index (χ4v) is 4.04. The number of benzene rings is 1. The van der Waals surface area contributed by atoms with Crippen molar-refractivity contribution in [1.29, 1.82) is 0 Å². The number of halogens is 2. The maximum absolute atomic E-state index is 12.6. The van der Waals surface area contributed by atoms with Gasteiger partial charge in [-0.3, -0.25) is 9.79 Å². The highest BCUT2D eigenvalue weighted by Crippen LogP contribution is 2.48. The fourth-order valence-electron chi connectivity index (χ4n) is 3.82. The number of hydrogen-bond donors (Lipinski definition) is 1. The second-order valence-corrected chi connectivity index (χ2v) is 8.46. The number of nitrogens with one attached hydrogen (secondary N) is 1. The number of hydrogen-bond acceptors (Lipinski definition) is 3. The van der Waals surface area contributed by atoms with Crippen molar-refractivity contribution in [3.8, 4) is 0 Å². The van der Waals surface area contributed by atoms with Gasteiger partial charge in [0.25, 0.3) is 0 Å². The Morgan fingerprint density at radius 1 is 1.23 bits per heavy atom. The lowest BCUT2D eigenvalue weighted by Crippen LogP contribution is -2.54. The van der Waals surface area contributed by atoms with E-state index in [1.54, 1.807) is 0 Å². The molecule has 0 radical (unpaired) electrons. The van der Waals surface area contributed by atoms with E-state index in [4.69, 9.17) is 16.3 Å². The van der Waals surface area contributed by atoms with E-state index >= 15 is 0 Å². The van der Waals surface area contributed by atoms with Crippen LogP contribution in [0.2, 0.25) is 5.02 Å². The summed E-state index contributed by atoms with van der Waals surface area (Å²) in [6.07, 6.45) is 4.03. The molecule has 6 nitrogen and oxygen atoms in total. The van der Waals surface area contributed by atoms with Crippen molar-refractivity contribution in [3.63, 3.8) is 0 Å². The smallest absolute Gasteiger partial charge is 0.227 e. The van der Waals surface area contributed by atoms with Crippen molar-refractivity contribution in [2.45, 2.75) is 32.6 Å². The van der Waals surface area contributed by atoms with Crippen LogP contribution in [0.1, 0.15) is 31.7 Å². The van der Waals surface area contributed by atoms with Gasteiger partial charge in [-0.2, -0.15) is 0 Å². The largest absolute Gasteiger partial charge is 0.382 e. The van der Waals surface area contributed by atoms with Gasteiger partial charge in [0, 0.05) is 58.0 Å². The Labute approximate surface area is 202 Å². The van der Waals surface area contributed by atoms with Gasteiger partial charge in [0.1, 0.15) is 0 Å². The summed E-state index contributed by atoms with van der Waals surface area (Å²) < 4.78 is 5.53. The zero-order valence-corrected chi connectivity index (χ0v) is 21.1. The van der Waals surface area contributed by atoms with E-state index in [0.717, 1.165) is 63.9 Å². The van der Waals surface area contributed by atoms with Crippen LogP contribution in [0.4, 0.5) is 0 Å². The van der Waals surface area contributed by atoms with Gasteiger partial charge >= 0.3 is 0 Å². The molecule has 2 fully saturated rings. The van der Waals surface area contributed by atoms with E-state index in [1.165, 1.54) is 12.8 Å². The maximum atomic E-state index is 12.6. The molecule has 0 bridgehead atoms. The molecule has 1 aliphatic carbocycles. The molecule has 1 aliphatic heterocycles. The summed E-state index contributed by atoms with van der Waals surface area (Å²) >= 11 is 6.03. The monoisotopic (exact) mass is 548 g/mol. The zero-order chi connectivity index (χ0) is 20.7. The highest BCUT2D eigenvalue weighted by Gasteiger charge is 2.42. The molecule has 0 aromatic heterocycles. The van der Waals surface area contributed by atoms with Crippen LogP contribution < -0.4 is 5.32 Å². The molecule has 1 aromatic rings. The molecule has 168 valence electrons. The standard InChI is InChI=1S/C22H33ClN4O2.HI/c1-3-29-14-9-22(7-8-22)17-25-21(24-2)27-12-10-26(11-13-27)20(28)16-18-5-4-6-19(23)15-18;/h4-6,15H,3,7-14,16-17H2,1-2H3,(H,24,25);1H. The van der Waals surface area contributed by atoms with Crippen molar-refractivity contribution in [2.24, 2.45) is 10.4 Å². The Morgan fingerprint density at radius 2 is 1.93 bits per heavy atom. The molecule has 3 rings (SSSR count). The highest BCUT2D eigenvalue weighted by atomic mass is 127. The number of aliphatic imine (C=N–C) groups is 1. The minimum absolute atomic E-state index is 0. The van der Waals surface area contributed by atoms with Crippen LogP contribution >= 0.6 is 35.6 Å². The predicted octanol–water partition coefficient (Wildman–Crippen LogP) is 3.43. The van der Waals surface area contributed by atoms with E-state index in [1.807, 2.05) is 43.1 Å². The van der Waals surface area contributed by atoms with Gasteiger partial charge in [-0.15, -0.1) is 24.0 Å². The van der Waals surface area contributed by atoms with Crippen LogP contribution in [0.3, 0.4) is 0 Å².